The smallest absolute Gasteiger partial charge is 0.265 e. The number of aryl methyl sites for hydroxylation is 1. The Morgan fingerprint density at radius 1 is 1.18 bits per heavy atom. The van der Waals surface area contributed by atoms with Crippen LogP contribution < -0.4 is 0 Å². The van der Waals surface area contributed by atoms with Crippen molar-refractivity contribution in [3.05, 3.63) is 57.6 Å². The summed E-state index contributed by atoms with van der Waals surface area (Å²) in [5, 5.41) is 5.02. The largest absolute Gasteiger partial charge is 0.440 e. The average molecular weight is 410 g/mol. The first-order valence-electron chi connectivity index (χ1n) is 9.34. The molecule has 1 aromatic carbocycles. The number of hydrogen-bond donors (Lipinski definition) is 0. The Morgan fingerprint density at radius 3 is 2.75 bits per heavy atom. The standard InChI is InChI=1S/C21H19N3O2S2/c1-13-18(28-20(22-13)15-8-11-27-12-15)21(25)24-9-6-14(7-10-24)19-23-16-4-2-3-5-17(16)26-19/h2-5,8,11-12,14H,6-7,9-10H2,1H3. The molecule has 0 radical (unpaired) electrons. The van der Waals surface area contributed by atoms with E-state index < -0.39 is 0 Å². The summed E-state index contributed by atoms with van der Waals surface area (Å²) in [6.07, 6.45) is 1.74. The van der Waals surface area contributed by atoms with Gasteiger partial charge < -0.3 is 9.32 Å². The summed E-state index contributed by atoms with van der Waals surface area (Å²) in [5.41, 5.74) is 3.64. The molecular weight excluding hydrogens is 390 g/mol. The molecule has 28 heavy (non-hydrogen) atoms. The topological polar surface area (TPSA) is 59.2 Å². The van der Waals surface area contributed by atoms with Crippen LogP contribution in [-0.4, -0.2) is 33.9 Å². The molecule has 5 nitrogen and oxygen atoms in total. The van der Waals surface area contributed by atoms with E-state index in [9.17, 15) is 4.79 Å². The lowest BCUT2D eigenvalue weighted by atomic mass is 9.96. The second kappa shape index (κ2) is 7.14. The molecule has 7 heteroatoms. The zero-order valence-electron chi connectivity index (χ0n) is 15.4. The van der Waals surface area contributed by atoms with Gasteiger partial charge in [-0.15, -0.1) is 11.3 Å². The highest BCUT2D eigenvalue weighted by molar-refractivity contribution is 7.17. The van der Waals surface area contributed by atoms with Gasteiger partial charge in [0.2, 0.25) is 0 Å². The molecule has 3 aromatic heterocycles. The van der Waals surface area contributed by atoms with Crippen LogP contribution in [0.5, 0.6) is 0 Å². The van der Waals surface area contributed by atoms with Crippen LogP contribution >= 0.6 is 22.7 Å². The number of fused-ring (bicyclic) bond motifs is 1. The molecule has 4 heterocycles. The molecule has 142 valence electrons. The fraction of sp³-hybridized carbons (Fsp3) is 0.286. The number of benzene rings is 1. The van der Waals surface area contributed by atoms with E-state index in [4.69, 9.17) is 4.42 Å². The van der Waals surface area contributed by atoms with Crippen molar-refractivity contribution in [2.75, 3.05) is 13.1 Å². The minimum Gasteiger partial charge on any atom is -0.440 e. The zero-order valence-corrected chi connectivity index (χ0v) is 17.1. The van der Waals surface area contributed by atoms with Crippen LogP contribution in [0.15, 0.2) is 45.5 Å². The van der Waals surface area contributed by atoms with Crippen molar-refractivity contribution >= 4 is 39.7 Å². The number of nitrogens with zero attached hydrogens (tertiary/aromatic N) is 3. The number of rotatable bonds is 3. The van der Waals surface area contributed by atoms with Gasteiger partial charge >= 0.3 is 0 Å². The maximum atomic E-state index is 13.0. The molecule has 1 fully saturated rings. The van der Waals surface area contributed by atoms with Crippen LogP contribution in [-0.2, 0) is 0 Å². The normalized spacial score (nSPS) is 15.4. The monoisotopic (exact) mass is 409 g/mol. The number of hydrogen-bond acceptors (Lipinski definition) is 6. The summed E-state index contributed by atoms with van der Waals surface area (Å²) < 4.78 is 5.93. The van der Waals surface area contributed by atoms with Gasteiger partial charge in [0.25, 0.3) is 5.91 Å². The first kappa shape index (κ1) is 17.6. The summed E-state index contributed by atoms with van der Waals surface area (Å²) in [4.78, 5) is 25.0. The Balaban J connectivity index is 1.29. The summed E-state index contributed by atoms with van der Waals surface area (Å²) >= 11 is 3.13. The summed E-state index contributed by atoms with van der Waals surface area (Å²) in [5.74, 6) is 1.15. The van der Waals surface area contributed by atoms with E-state index in [1.807, 2.05) is 47.5 Å². The summed E-state index contributed by atoms with van der Waals surface area (Å²) in [6.45, 7) is 3.35. The van der Waals surface area contributed by atoms with E-state index in [0.29, 0.717) is 13.1 Å². The van der Waals surface area contributed by atoms with Crippen molar-refractivity contribution < 1.29 is 9.21 Å². The van der Waals surface area contributed by atoms with Crippen molar-refractivity contribution in [3.63, 3.8) is 0 Å². The first-order valence-corrected chi connectivity index (χ1v) is 11.1. The Labute approximate surface area is 170 Å². The van der Waals surface area contributed by atoms with E-state index in [0.717, 1.165) is 51.0 Å². The molecule has 0 unspecified atom stereocenters. The number of likely N-dealkylation sites (tertiary alicyclic amines) is 1. The second-order valence-corrected chi connectivity index (χ2v) is 8.81. The van der Waals surface area contributed by atoms with Crippen LogP contribution in [0.4, 0.5) is 0 Å². The fourth-order valence-corrected chi connectivity index (χ4v) is 5.39. The van der Waals surface area contributed by atoms with Crippen LogP contribution in [0.25, 0.3) is 21.7 Å². The second-order valence-electron chi connectivity index (χ2n) is 7.03. The predicted octanol–water partition coefficient (Wildman–Crippen LogP) is 5.34. The number of amides is 1. The molecule has 0 spiro atoms. The molecular formula is C21H19N3O2S2. The Morgan fingerprint density at radius 2 is 2.00 bits per heavy atom. The van der Waals surface area contributed by atoms with Crippen LogP contribution in [0.1, 0.15) is 40.0 Å². The molecule has 0 N–H and O–H groups in total. The fourth-order valence-electron chi connectivity index (χ4n) is 3.64. The van der Waals surface area contributed by atoms with E-state index in [-0.39, 0.29) is 11.8 Å². The number of para-hydroxylation sites is 2. The SMILES string of the molecule is Cc1nc(-c2ccsc2)sc1C(=O)N1CCC(c2nc3ccccc3o2)CC1. The van der Waals surface area contributed by atoms with Crippen molar-refractivity contribution in [3.8, 4) is 10.6 Å². The molecule has 1 amide bonds. The maximum Gasteiger partial charge on any atom is 0.265 e. The van der Waals surface area contributed by atoms with Gasteiger partial charge in [-0.05, 0) is 43.3 Å². The van der Waals surface area contributed by atoms with Gasteiger partial charge in [-0.25, -0.2) is 9.97 Å². The number of carbonyl (C=O) groups is 1. The first-order chi connectivity index (χ1) is 13.7. The van der Waals surface area contributed by atoms with Gasteiger partial charge in [-0.2, -0.15) is 11.3 Å². The van der Waals surface area contributed by atoms with Crippen molar-refractivity contribution in [2.45, 2.75) is 25.7 Å². The highest BCUT2D eigenvalue weighted by atomic mass is 32.1. The number of thiophene rings is 1. The number of thiazole rings is 1. The van der Waals surface area contributed by atoms with Gasteiger partial charge in [0.1, 0.15) is 15.4 Å². The van der Waals surface area contributed by atoms with Gasteiger partial charge in [-0.1, -0.05) is 12.1 Å². The molecule has 0 saturated carbocycles. The molecule has 1 saturated heterocycles. The Bertz CT molecular complexity index is 1090. The highest BCUT2D eigenvalue weighted by Crippen LogP contribution is 2.33. The van der Waals surface area contributed by atoms with E-state index >= 15 is 0 Å². The number of piperidine rings is 1. The predicted molar refractivity (Wildman–Crippen MR) is 112 cm³/mol. The number of carbonyl (C=O) groups excluding carboxylic acids is 1. The molecule has 1 aliphatic heterocycles. The van der Waals surface area contributed by atoms with Gasteiger partial charge in [-0.3, -0.25) is 4.79 Å². The van der Waals surface area contributed by atoms with Gasteiger partial charge in [0.15, 0.2) is 11.5 Å². The third-order valence-corrected chi connectivity index (χ3v) is 7.08. The lowest BCUT2D eigenvalue weighted by molar-refractivity contribution is 0.0710. The molecule has 4 aromatic rings. The Hall–Kier alpha value is -2.51. The highest BCUT2D eigenvalue weighted by Gasteiger charge is 2.29. The quantitative estimate of drug-likeness (QED) is 0.458. The lowest BCUT2D eigenvalue weighted by Crippen LogP contribution is -2.37. The maximum absolute atomic E-state index is 13.0. The van der Waals surface area contributed by atoms with E-state index in [1.165, 1.54) is 11.3 Å². The molecule has 5 rings (SSSR count). The van der Waals surface area contributed by atoms with Crippen LogP contribution in [0.2, 0.25) is 0 Å². The zero-order chi connectivity index (χ0) is 19.1. The van der Waals surface area contributed by atoms with Crippen molar-refractivity contribution in [1.29, 1.82) is 0 Å². The van der Waals surface area contributed by atoms with E-state index in [1.54, 1.807) is 11.3 Å². The summed E-state index contributed by atoms with van der Waals surface area (Å²) in [6, 6.07) is 9.89. The third kappa shape index (κ3) is 3.14. The average Bonchev–Trinajstić information content (AvgIpc) is 3.46. The molecule has 1 aliphatic rings. The number of oxazole rings is 1. The lowest BCUT2D eigenvalue weighted by Gasteiger charge is -2.30. The third-order valence-electron chi connectivity index (χ3n) is 5.20. The van der Waals surface area contributed by atoms with Crippen molar-refractivity contribution in [2.24, 2.45) is 0 Å². The van der Waals surface area contributed by atoms with Crippen LogP contribution in [0, 0.1) is 6.92 Å². The van der Waals surface area contributed by atoms with Crippen LogP contribution in [0.3, 0.4) is 0 Å². The summed E-state index contributed by atoms with van der Waals surface area (Å²) in [7, 11) is 0. The Kier molecular flexibility index (Phi) is 4.49. The molecule has 0 bridgehead atoms. The minimum atomic E-state index is 0.0903. The minimum absolute atomic E-state index is 0.0903. The molecule has 0 aliphatic carbocycles. The van der Waals surface area contributed by atoms with Gasteiger partial charge in [0.05, 0.1) is 5.69 Å². The van der Waals surface area contributed by atoms with Gasteiger partial charge in [0, 0.05) is 30.0 Å². The van der Waals surface area contributed by atoms with Crippen molar-refractivity contribution in [1.82, 2.24) is 14.9 Å². The number of aromatic nitrogens is 2. The van der Waals surface area contributed by atoms with E-state index in [2.05, 4.69) is 15.3 Å². The molecule has 0 atom stereocenters.